The van der Waals surface area contributed by atoms with Gasteiger partial charge in [-0.2, -0.15) is 13.2 Å². The zero-order valence-corrected chi connectivity index (χ0v) is 17.9. The van der Waals surface area contributed by atoms with Crippen molar-refractivity contribution < 1.29 is 22.4 Å². The molecule has 30 heavy (non-hydrogen) atoms. The summed E-state index contributed by atoms with van der Waals surface area (Å²) in [6.07, 6.45) is 9.07. The molecule has 0 radical (unpaired) electrons. The van der Waals surface area contributed by atoms with Crippen molar-refractivity contribution in [3.8, 4) is 0 Å². The number of unbranched alkanes of at least 4 members (excludes halogenated alkanes) is 2. The molecule has 0 atom stereocenters. The van der Waals surface area contributed by atoms with E-state index in [0.717, 1.165) is 43.6 Å². The van der Waals surface area contributed by atoms with Gasteiger partial charge in [0.2, 0.25) is 0 Å². The number of hydrogen-bond acceptors (Lipinski definition) is 1. The van der Waals surface area contributed by atoms with Crippen LogP contribution in [0.5, 0.6) is 0 Å². The second-order valence-electron chi connectivity index (χ2n) is 9.44. The van der Waals surface area contributed by atoms with Crippen LogP contribution < -0.4 is 0 Å². The van der Waals surface area contributed by atoms with E-state index in [9.17, 15) is 22.4 Å². The topological polar surface area (TPSA) is 17.1 Å². The molecule has 5 heteroatoms. The average molecular weight is 427 g/mol. The Hall–Kier alpha value is -1.39. The van der Waals surface area contributed by atoms with Gasteiger partial charge in [-0.15, -0.1) is 0 Å². The first-order valence-electron chi connectivity index (χ1n) is 11.7. The van der Waals surface area contributed by atoms with Crippen LogP contribution in [0.3, 0.4) is 0 Å². The highest BCUT2D eigenvalue weighted by atomic mass is 19.4. The fourth-order valence-corrected chi connectivity index (χ4v) is 5.84. The smallest absolute Gasteiger partial charge is 0.298 e. The first kappa shape index (κ1) is 23.3. The summed E-state index contributed by atoms with van der Waals surface area (Å²) < 4.78 is 54.6. The van der Waals surface area contributed by atoms with Gasteiger partial charge in [-0.3, -0.25) is 4.79 Å². The lowest BCUT2D eigenvalue weighted by atomic mass is 9.68. The fraction of sp³-hybridized carbons (Fsp3) is 0.720. The number of halogens is 4. The van der Waals surface area contributed by atoms with Crippen LogP contribution in [-0.4, -0.2) is 6.29 Å². The van der Waals surface area contributed by atoms with E-state index in [-0.39, 0.29) is 17.8 Å². The summed E-state index contributed by atoms with van der Waals surface area (Å²) in [5, 5.41) is 0. The summed E-state index contributed by atoms with van der Waals surface area (Å²) in [5.41, 5.74) is -1.89. The third-order valence-corrected chi connectivity index (χ3v) is 7.60. The second-order valence-corrected chi connectivity index (χ2v) is 9.44. The molecule has 1 nitrogen and oxygen atoms in total. The molecule has 2 aliphatic rings. The molecular weight excluding hydrogens is 392 g/mol. The summed E-state index contributed by atoms with van der Waals surface area (Å²) in [5.74, 6) is 0.783. The minimum Gasteiger partial charge on any atom is -0.298 e. The van der Waals surface area contributed by atoms with Crippen molar-refractivity contribution in [2.45, 2.75) is 96.1 Å². The van der Waals surface area contributed by atoms with Gasteiger partial charge in [0.15, 0.2) is 6.29 Å². The molecule has 1 aromatic rings. The van der Waals surface area contributed by atoms with E-state index >= 15 is 0 Å². The molecule has 0 spiro atoms. The van der Waals surface area contributed by atoms with Crippen molar-refractivity contribution >= 4 is 6.29 Å². The van der Waals surface area contributed by atoms with Gasteiger partial charge in [-0.05, 0) is 67.8 Å². The monoisotopic (exact) mass is 426 g/mol. The normalized spacial score (nSPS) is 27.8. The standard InChI is InChI=1S/C25H34F4O/c1-2-3-4-5-17-6-8-18(9-7-17)19-10-12-20(13-11-19)22-15-14-21(16-30)23(24(22)26)25(27,28)29/h14-20H,2-13H2,1H3. The number of hydrogen-bond donors (Lipinski definition) is 0. The Labute approximate surface area is 177 Å². The first-order valence-corrected chi connectivity index (χ1v) is 11.7. The van der Waals surface area contributed by atoms with Gasteiger partial charge in [0.25, 0.3) is 0 Å². The number of benzene rings is 1. The number of carbonyl (C=O) groups is 1. The van der Waals surface area contributed by atoms with Crippen molar-refractivity contribution in [2.24, 2.45) is 17.8 Å². The molecule has 3 rings (SSSR count). The highest BCUT2D eigenvalue weighted by molar-refractivity contribution is 5.78. The quantitative estimate of drug-likeness (QED) is 0.243. The lowest BCUT2D eigenvalue weighted by Crippen LogP contribution is -2.26. The second kappa shape index (κ2) is 10.3. The van der Waals surface area contributed by atoms with Gasteiger partial charge in [-0.25, -0.2) is 4.39 Å². The van der Waals surface area contributed by atoms with Crippen LogP contribution in [0, 0.1) is 23.6 Å². The Morgan fingerprint density at radius 3 is 2.07 bits per heavy atom. The minimum absolute atomic E-state index is 0.0885. The van der Waals surface area contributed by atoms with Crippen LogP contribution in [-0.2, 0) is 6.18 Å². The van der Waals surface area contributed by atoms with Crippen molar-refractivity contribution in [1.29, 1.82) is 0 Å². The van der Waals surface area contributed by atoms with Crippen LogP contribution in [0.15, 0.2) is 12.1 Å². The van der Waals surface area contributed by atoms with Crippen LogP contribution in [0.4, 0.5) is 17.6 Å². The van der Waals surface area contributed by atoms with Crippen LogP contribution in [0.1, 0.15) is 111 Å². The zero-order valence-electron chi connectivity index (χ0n) is 17.9. The Bertz CT molecular complexity index is 696. The molecule has 0 bridgehead atoms. The highest BCUT2D eigenvalue weighted by Gasteiger charge is 2.39. The largest absolute Gasteiger partial charge is 0.419 e. The van der Waals surface area contributed by atoms with Crippen molar-refractivity contribution in [1.82, 2.24) is 0 Å². The molecule has 0 heterocycles. The SMILES string of the molecule is CCCCCC1CCC(C2CCC(c3ccc(C=O)c(C(F)(F)F)c3F)CC2)CC1. The lowest BCUT2D eigenvalue weighted by Gasteiger charge is -2.38. The van der Waals surface area contributed by atoms with E-state index in [1.165, 1.54) is 57.4 Å². The summed E-state index contributed by atoms with van der Waals surface area (Å²) in [6.45, 7) is 2.24. The van der Waals surface area contributed by atoms with Crippen molar-refractivity contribution in [2.75, 3.05) is 0 Å². The van der Waals surface area contributed by atoms with E-state index in [2.05, 4.69) is 6.92 Å². The maximum atomic E-state index is 14.7. The van der Waals surface area contributed by atoms with Crippen LogP contribution in [0.25, 0.3) is 0 Å². The van der Waals surface area contributed by atoms with Gasteiger partial charge < -0.3 is 0 Å². The van der Waals surface area contributed by atoms with Gasteiger partial charge >= 0.3 is 6.18 Å². The molecule has 2 saturated carbocycles. The molecule has 2 aliphatic carbocycles. The molecule has 0 aromatic heterocycles. The number of alkyl halides is 3. The van der Waals surface area contributed by atoms with E-state index in [1.807, 2.05) is 0 Å². The molecular formula is C25H34F4O. The molecule has 0 N–H and O–H groups in total. The Kier molecular flexibility index (Phi) is 7.98. The van der Waals surface area contributed by atoms with E-state index < -0.39 is 23.1 Å². The third kappa shape index (κ3) is 5.45. The predicted octanol–water partition coefficient (Wildman–Crippen LogP) is 8.32. The zero-order chi connectivity index (χ0) is 21.7. The number of rotatable bonds is 7. The lowest BCUT2D eigenvalue weighted by molar-refractivity contribution is -0.140. The van der Waals surface area contributed by atoms with Gasteiger partial charge in [0, 0.05) is 5.56 Å². The van der Waals surface area contributed by atoms with Gasteiger partial charge in [-0.1, -0.05) is 57.6 Å². The molecule has 0 saturated heterocycles. The summed E-state index contributed by atoms with van der Waals surface area (Å²) >= 11 is 0. The predicted molar refractivity (Wildman–Crippen MR) is 111 cm³/mol. The Morgan fingerprint density at radius 1 is 0.933 bits per heavy atom. The molecule has 2 fully saturated rings. The summed E-state index contributed by atoms with van der Waals surface area (Å²) in [7, 11) is 0. The van der Waals surface area contributed by atoms with Gasteiger partial charge in [0.1, 0.15) is 11.4 Å². The first-order chi connectivity index (χ1) is 14.3. The third-order valence-electron chi connectivity index (χ3n) is 7.60. The number of aldehydes is 1. The Balaban J connectivity index is 1.57. The maximum absolute atomic E-state index is 14.7. The highest BCUT2D eigenvalue weighted by Crippen LogP contribution is 2.46. The van der Waals surface area contributed by atoms with Crippen LogP contribution in [0.2, 0.25) is 0 Å². The molecule has 0 aliphatic heterocycles. The maximum Gasteiger partial charge on any atom is 0.419 e. The number of carbonyl (C=O) groups excluding carboxylic acids is 1. The molecule has 0 amide bonds. The minimum atomic E-state index is -4.86. The van der Waals surface area contributed by atoms with Crippen molar-refractivity contribution in [3.63, 3.8) is 0 Å². The van der Waals surface area contributed by atoms with Crippen LogP contribution >= 0.6 is 0 Å². The van der Waals surface area contributed by atoms with Crippen molar-refractivity contribution in [3.05, 3.63) is 34.6 Å². The van der Waals surface area contributed by atoms with E-state index in [0.29, 0.717) is 5.92 Å². The molecule has 1 aromatic carbocycles. The molecule has 0 unspecified atom stereocenters. The average Bonchev–Trinajstić information content (AvgIpc) is 2.73. The van der Waals surface area contributed by atoms with E-state index in [4.69, 9.17) is 0 Å². The Morgan fingerprint density at radius 2 is 1.53 bits per heavy atom. The fourth-order valence-electron chi connectivity index (χ4n) is 5.84. The van der Waals surface area contributed by atoms with E-state index in [1.54, 1.807) is 0 Å². The molecule has 168 valence electrons. The summed E-state index contributed by atoms with van der Waals surface area (Å²) in [4.78, 5) is 11.0. The summed E-state index contributed by atoms with van der Waals surface area (Å²) in [6, 6.07) is 2.51. The van der Waals surface area contributed by atoms with Gasteiger partial charge in [0.05, 0.1) is 0 Å².